The highest BCUT2D eigenvalue weighted by molar-refractivity contribution is 7.80. The molecule has 1 aromatic carbocycles. The van der Waals surface area contributed by atoms with Crippen LogP contribution in [0.5, 0.6) is 0 Å². The van der Waals surface area contributed by atoms with Crippen molar-refractivity contribution in [2.24, 2.45) is 5.92 Å². The number of rotatable bonds is 1. The van der Waals surface area contributed by atoms with E-state index in [1.807, 2.05) is 6.07 Å². The average molecular weight is 190 g/mol. The zero-order valence-electron chi connectivity index (χ0n) is 7.19. The Kier molecular flexibility index (Phi) is 1.34. The number of thiocarbonyl (C=S) groups is 1. The molecule has 2 heteroatoms. The van der Waals surface area contributed by atoms with E-state index < -0.39 is 0 Å². The zero-order chi connectivity index (χ0) is 8.89. The topological polar surface area (TPSA) is 9.23 Å². The van der Waals surface area contributed by atoms with Crippen LogP contribution in [0.3, 0.4) is 0 Å². The predicted octanol–water partition coefficient (Wildman–Crippen LogP) is 2.30. The third-order valence-electron chi connectivity index (χ3n) is 3.18. The molecule has 0 radical (unpaired) electrons. The van der Waals surface area contributed by atoms with E-state index in [4.69, 9.17) is 17.0 Å². The van der Waals surface area contributed by atoms with Crippen LogP contribution in [-0.4, -0.2) is 11.7 Å². The molecule has 2 fully saturated rings. The van der Waals surface area contributed by atoms with E-state index in [0.717, 1.165) is 11.7 Å². The predicted molar refractivity (Wildman–Crippen MR) is 54.8 cm³/mol. The molecule has 1 saturated carbocycles. The van der Waals surface area contributed by atoms with Crippen molar-refractivity contribution in [3.8, 4) is 0 Å². The standard InChI is InChI=1S/C11H10OS/c13-10-9-6-11(9,7-12-10)8-4-2-1-3-5-8/h1-5,9H,6-7H2/t9-,11-/m1/s1. The molecule has 0 amide bonds. The Bertz CT molecular complexity index is 360. The molecular formula is C11H10OS. The van der Waals surface area contributed by atoms with E-state index >= 15 is 0 Å². The van der Waals surface area contributed by atoms with Crippen molar-refractivity contribution in [3.05, 3.63) is 35.9 Å². The lowest BCUT2D eigenvalue weighted by molar-refractivity contribution is 0.303. The van der Waals surface area contributed by atoms with Crippen molar-refractivity contribution >= 4 is 17.3 Å². The molecule has 0 spiro atoms. The van der Waals surface area contributed by atoms with E-state index in [0.29, 0.717) is 5.92 Å². The van der Waals surface area contributed by atoms with Crippen LogP contribution < -0.4 is 0 Å². The molecule has 1 nitrogen and oxygen atoms in total. The Morgan fingerprint density at radius 2 is 2.08 bits per heavy atom. The highest BCUT2D eigenvalue weighted by Gasteiger charge is 2.63. The normalized spacial score (nSPS) is 35.4. The molecular weight excluding hydrogens is 180 g/mol. The van der Waals surface area contributed by atoms with Gasteiger partial charge in [0.2, 0.25) is 0 Å². The second-order valence-electron chi connectivity index (χ2n) is 3.89. The maximum atomic E-state index is 5.40. The highest BCUT2D eigenvalue weighted by Crippen LogP contribution is 2.59. The smallest absolute Gasteiger partial charge is 0.163 e. The summed E-state index contributed by atoms with van der Waals surface area (Å²) >= 11 is 5.13. The molecule has 0 N–H and O–H groups in total. The molecule has 2 aliphatic rings. The Balaban J connectivity index is 2.01. The molecule has 1 heterocycles. The maximum Gasteiger partial charge on any atom is 0.163 e. The van der Waals surface area contributed by atoms with Gasteiger partial charge in [0.05, 0.1) is 6.61 Å². The van der Waals surface area contributed by atoms with Crippen LogP contribution in [-0.2, 0) is 10.2 Å². The quantitative estimate of drug-likeness (QED) is 0.628. The minimum absolute atomic E-state index is 0.262. The van der Waals surface area contributed by atoms with Crippen LogP contribution in [0, 0.1) is 5.92 Å². The monoisotopic (exact) mass is 190 g/mol. The summed E-state index contributed by atoms with van der Waals surface area (Å²) in [6.07, 6.45) is 1.19. The van der Waals surface area contributed by atoms with Gasteiger partial charge in [0.1, 0.15) is 0 Å². The Morgan fingerprint density at radius 1 is 1.31 bits per heavy atom. The van der Waals surface area contributed by atoms with Crippen molar-refractivity contribution in [2.75, 3.05) is 6.61 Å². The van der Waals surface area contributed by atoms with Crippen LogP contribution in [0.2, 0.25) is 0 Å². The van der Waals surface area contributed by atoms with Crippen molar-refractivity contribution in [3.63, 3.8) is 0 Å². The molecule has 0 unspecified atom stereocenters. The molecule has 13 heavy (non-hydrogen) atoms. The third-order valence-corrected chi connectivity index (χ3v) is 3.58. The maximum absolute atomic E-state index is 5.40. The van der Waals surface area contributed by atoms with Crippen LogP contribution in [0.25, 0.3) is 0 Å². The molecule has 66 valence electrons. The van der Waals surface area contributed by atoms with Crippen LogP contribution in [0.15, 0.2) is 30.3 Å². The minimum atomic E-state index is 0.262. The first kappa shape index (κ1) is 7.51. The van der Waals surface area contributed by atoms with Crippen LogP contribution in [0.1, 0.15) is 12.0 Å². The fourth-order valence-corrected chi connectivity index (χ4v) is 2.61. The van der Waals surface area contributed by atoms with Gasteiger partial charge in [-0.3, -0.25) is 0 Å². The Morgan fingerprint density at radius 3 is 2.62 bits per heavy atom. The first-order valence-corrected chi connectivity index (χ1v) is 4.96. The average Bonchev–Trinajstić information content (AvgIpc) is 2.85. The molecule has 1 aromatic rings. The van der Waals surface area contributed by atoms with Gasteiger partial charge in [0.15, 0.2) is 5.05 Å². The molecule has 1 aliphatic carbocycles. The van der Waals surface area contributed by atoms with E-state index in [1.165, 1.54) is 12.0 Å². The second kappa shape index (κ2) is 2.32. The fourth-order valence-electron chi connectivity index (χ4n) is 2.25. The van der Waals surface area contributed by atoms with Crippen LogP contribution in [0.4, 0.5) is 0 Å². The molecule has 3 rings (SSSR count). The van der Waals surface area contributed by atoms with Crippen molar-refractivity contribution in [2.45, 2.75) is 11.8 Å². The first-order chi connectivity index (χ1) is 6.33. The van der Waals surface area contributed by atoms with Gasteiger partial charge in [-0.1, -0.05) is 30.3 Å². The lowest BCUT2D eigenvalue weighted by Crippen LogP contribution is -2.10. The Labute approximate surface area is 82.7 Å². The zero-order valence-corrected chi connectivity index (χ0v) is 8.01. The van der Waals surface area contributed by atoms with Gasteiger partial charge in [-0.15, -0.1) is 0 Å². The Hall–Kier alpha value is -0.890. The lowest BCUT2D eigenvalue weighted by Gasteiger charge is -2.09. The summed E-state index contributed by atoms with van der Waals surface area (Å²) in [4.78, 5) is 0. The molecule has 0 bridgehead atoms. The van der Waals surface area contributed by atoms with E-state index in [-0.39, 0.29) is 5.41 Å². The summed E-state index contributed by atoms with van der Waals surface area (Å²) in [6, 6.07) is 10.6. The lowest BCUT2D eigenvalue weighted by atomic mass is 9.96. The molecule has 1 aliphatic heterocycles. The van der Waals surface area contributed by atoms with Crippen molar-refractivity contribution in [1.29, 1.82) is 0 Å². The highest BCUT2D eigenvalue weighted by atomic mass is 32.1. The summed E-state index contributed by atoms with van der Waals surface area (Å²) in [5.41, 5.74) is 1.65. The second-order valence-corrected chi connectivity index (χ2v) is 4.29. The van der Waals surface area contributed by atoms with Gasteiger partial charge in [-0.2, -0.15) is 0 Å². The molecule has 0 aromatic heterocycles. The molecule has 2 atom stereocenters. The summed E-state index contributed by atoms with van der Waals surface area (Å²) in [7, 11) is 0. The van der Waals surface area contributed by atoms with Crippen molar-refractivity contribution < 1.29 is 4.74 Å². The number of hydrogen-bond acceptors (Lipinski definition) is 2. The summed E-state index contributed by atoms with van der Waals surface area (Å²) in [5, 5.41) is 0.823. The summed E-state index contributed by atoms with van der Waals surface area (Å²) < 4.78 is 5.40. The van der Waals surface area contributed by atoms with Gasteiger partial charge in [-0.25, -0.2) is 0 Å². The number of hydrogen-bond donors (Lipinski definition) is 0. The number of benzene rings is 1. The largest absolute Gasteiger partial charge is 0.486 e. The SMILES string of the molecule is S=C1OC[C@@]2(c3ccccc3)C[C@H]12. The van der Waals surface area contributed by atoms with Gasteiger partial charge in [0.25, 0.3) is 0 Å². The summed E-state index contributed by atoms with van der Waals surface area (Å²) in [5.74, 6) is 0.518. The van der Waals surface area contributed by atoms with E-state index in [2.05, 4.69) is 24.3 Å². The van der Waals surface area contributed by atoms with Gasteiger partial charge >= 0.3 is 0 Å². The number of ether oxygens (including phenoxy) is 1. The molecule has 1 saturated heterocycles. The van der Waals surface area contributed by atoms with Crippen molar-refractivity contribution in [1.82, 2.24) is 0 Å². The fraction of sp³-hybridized carbons (Fsp3) is 0.364. The summed E-state index contributed by atoms with van der Waals surface area (Å²) in [6.45, 7) is 0.792. The first-order valence-electron chi connectivity index (χ1n) is 4.55. The van der Waals surface area contributed by atoms with E-state index in [9.17, 15) is 0 Å². The van der Waals surface area contributed by atoms with Crippen LogP contribution >= 0.6 is 12.2 Å². The van der Waals surface area contributed by atoms with Gasteiger partial charge < -0.3 is 4.74 Å². The van der Waals surface area contributed by atoms with E-state index in [1.54, 1.807) is 0 Å². The number of fused-ring (bicyclic) bond motifs is 1. The third kappa shape index (κ3) is 0.894. The minimum Gasteiger partial charge on any atom is -0.486 e. The van der Waals surface area contributed by atoms with Gasteiger partial charge in [0, 0.05) is 11.3 Å². The van der Waals surface area contributed by atoms with Gasteiger partial charge in [-0.05, 0) is 24.2 Å².